The van der Waals surface area contributed by atoms with E-state index in [1.807, 2.05) is 25.6 Å². The number of hydrogen-bond acceptors (Lipinski definition) is 5. The van der Waals surface area contributed by atoms with E-state index in [1.165, 1.54) is 19.4 Å². The number of aryl methyl sites for hydroxylation is 1. The number of nitrogens with zero attached hydrogens (tertiary/aromatic N) is 5. The lowest BCUT2D eigenvalue weighted by Crippen LogP contribution is -2.65. The zero-order valence-corrected chi connectivity index (χ0v) is 22.5. The third-order valence-corrected chi connectivity index (χ3v) is 7.67. The summed E-state index contributed by atoms with van der Waals surface area (Å²) in [7, 11) is 3.83. The molecule has 2 aliphatic rings. The molecule has 0 radical (unpaired) electrons. The smallest absolute Gasteiger partial charge is 0.192 e. The maximum atomic E-state index is 5.78. The van der Waals surface area contributed by atoms with Crippen molar-refractivity contribution in [3.05, 3.63) is 11.6 Å². The molecule has 1 aliphatic carbocycles. The average molecular weight is 548 g/mol. The molecular weight excluding hydrogens is 505 g/mol. The number of aliphatic imine (C=N–C) groups is 1. The van der Waals surface area contributed by atoms with Gasteiger partial charge in [-0.15, -0.1) is 34.2 Å². The number of nitrogens with one attached hydrogen (secondary N) is 2. The number of hydrogen-bond donors (Lipinski definition) is 2. The van der Waals surface area contributed by atoms with Crippen molar-refractivity contribution >= 4 is 29.9 Å². The first kappa shape index (κ1) is 26.3. The van der Waals surface area contributed by atoms with E-state index >= 15 is 0 Å². The highest BCUT2D eigenvalue weighted by Gasteiger charge is 2.53. The summed E-state index contributed by atoms with van der Waals surface area (Å²) in [6, 6.07) is 0.949. The Labute approximate surface area is 205 Å². The molecular formula is C22H42IN7O. The molecule has 9 heteroatoms. The van der Waals surface area contributed by atoms with E-state index in [2.05, 4.69) is 46.5 Å². The van der Waals surface area contributed by atoms with Crippen LogP contribution < -0.4 is 10.6 Å². The van der Waals surface area contributed by atoms with E-state index in [0.29, 0.717) is 24.7 Å². The van der Waals surface area contributed by atoms with Crippen LogP contribution in [0.5, 0.6) is 0 Å². The summed E-state index contributed by atoms with van der Waals surface area (Å²) in [4.78, 5) is 7.46. The molecule has 2 heterocycles. The van der Waals surface area contributed by atoms with Crippen molar-refractivity contribution < 1.29 is 4.74 Å². The fourth-order valence-corrected chi connectivity index (χ4v) is 5.29. The molecule has 1 aromatic heterocycles. The third kappa shape index (κ3) is 5.52. The van der Waals surface area contributed by atoms with Gasteiger partial charge in [-0.2, -0.15) is 0 Å². The minimum absolute atomic E-state index is 0. The van der Waals surface area contributed by atoms with Gasteiger partial charge in [0.15, 0.2) is 11.8 Å². The van der Waals surface area contributed by atoms with Crippen molar-refractivity contribution in [3.8, 4) is 0 Å². The molecule has 178 valence electrons. The zero-order chi connectivity index (χ0) is 21.7. The summed E-state index contributed by atoms with van der Waals surface area (Å²) in [5.74, 6) is 2.67. The van der Waals surface area contributed by atoms with Crippen molar-refractivity contribution in [1.82, 2.24) is 30.3 Å². The van der Waals surface area contributed by atoms with Gasteiger partial charge in [0, 0.05) is 38.2 Å². The van der Waals surface area contributed by atoms with Gasteiger partial charge in [0.25, 0.3) is 0 Å². The average Bonchev–Trinajstić information content (AvgIpc) is 3.34. The summed E-state index contributed by atoms with van der Waals surface area (Å²) in [6.07, 6.45) is 6.07. The SMILES string of the molecule is CCN1CCCC1CNC(=NCc1nnc(C)n1C)NC1CC(OC)C1(CC)CC.I. The van der Waals surface area contributed by atoms with Crippen molar-refractivity contribution in [2.75, 3.05) is 26.7 Å². The number of halogens is 1. The van der Waals surface area contributed by atoms with E-state index in [1.54, 1.807) is 0 Å². The summed E-state index contributed by atoms with van der Waals surface area (Å²) in [5, 5.41) is 15.8. The van der Waals surface area contributed by atoms with Crippen LogP contribution >= 0.6 is 24.0 Å². The molecule has 2 N–H and O–H groups in total. The Kier molecular flexibility index (Phi) is 10.0. The number of likely N-dealkylation sites (N-methyl/N-ethyl adjacent to an activating group) is 1. The highest BCUT2D eigenvalue weighted by molar-refractivity contribution is 14.0. The topological polar surface area (TPSA) is 79.6 Å². The van der Waals surface area contributed by atoms with E-state index < -0.39 is 0 Å². The van der Waals surface area contributed by atoms with Gasteiger partial charge in [0.05, 0.1) is 6.10 Å². The van der Waals surface area contributed by atoms with Crippen LogP contribution in [0.1, 0.15) is 64.5 Å². The molecule has 0 amide bonds. The lowest BCUT2D eigenvalue weighted by atomic mass is 9.58. The molecule has 3 unspecified atom stereocenters. The van der Waals surface area contributed by atoms with Gasteiger partial charge in [-0.3, -0.25) is 4.90 Å². The molecule has 1 aromatic rings. The lowest BCUT2D eigenvalue weighted by Gasteiger charge is -2.55. The number of likely N-dealkylation sites (tertiary alicyclic amines) is 1. The van der Waals surface area contributed by atoms with E-state index in [-0.39, 0.29) is 29.4 Å². The molecule has 0 spiro atoms. The molecule has 0 aromatic carbocycles. The first-order valence-corrected chi connectivity index (χ1v) is 11.7. The molecule has 0 bridgehead atoms. The summed E-state index contributed by atoms with van der Waals surface area (Å²) in [6.45, 7) is 12.5. The maximum Gasteiger partial charge on any atom is 0.192 e. The number of ether oxygens (including phenoxy) is 1. The van der Waals surface area contributed by atoms with Crippen LogP contribution in [0.25, 0.3) is 0 Å². The van der Waals surface area contributed by atoms with Crippen LogP contribution in [0.15, 0.2) is 4.99 Å². The Bertz CT molecular complexity index is 719. The number of methoxy groups -OCH3 is 1. The van der Waals surface area contributed by atoms with Gasteiger partial charge < -0.3 is 19.9 Å². The van der Waals surface area contributed by atoms with Gasteiger partial charge >= 0.3 is 0 Å². The molecule has 31 heavy (non-hydrogen) atoms. The largest absolute Gasteiger partial charge is 0.381 e. The molecule has 3 atom stereocenters. The van der Waals surface area contributed by atoms with Crippen LogP contribution in [0, 0.1) is 12.3 Å². The Balaban J connectivity index is 0.00000341. The highest BCUT2D eigenvalue weighted by atomic mass is 127. The fraction of sp³-hybridized carbons (Fsp3) is 0.864. The Hall–Kier alpha value is -0.940. The summed E-state index contributed by atoms with van der Waals surface area (Å²) in [5.41, 5.74) is 0.168. The molecule has 2 fully saturated rings. The predicted octanol–water partition coefficient (Wildman–Crippen LogP) is 2.85. The molecule has 1 saturated heterocycles. The van der Waals surface area contributed by atoms with Crippen LogP contribution in [0.3, 0.4) is 0 Å². The normalized spacial score (nSPS) is 25.7. The first-order valence-electron chi connectivity index (χ1n) is 11.7. The van der Waals surface area contributed by atoms with E-state index in [9.17, 15) is 0 Å². The van der Waals surface area contributed by atoms with Crippen LogP contribution in [-0.2, 0) is 18.3 Å². The van der Waals surface area contributed by atoms with E-state index in [0.717, 1.165) is 50.0 Å². The van der Waals surface area contributed by atoms with Crippen molar-refractivity contribution in [2.45, 2.75) is 84.5 Å². The first-order chi connectivity index (χ1) is 14.5. The second-order valence-corrected chi connectivity index (χ2v) is 8.79. The summed E-state index contributed by atoms with van der Waals surface area (Å²) < 4.78 is 7.79. The second-order valence-electron chi connectivity index (χ2n) is 8.79. The van der Waals surface area contributed by atoms with Crippen LogP contribution in [0.4, 0.5) is 0 Å². The summed E-state index contributed by atoms with van der Waals surface area (Å²) >= 11 is 0. The molecule has 1 saturated carbocycles. The third-order valence-electron chi connectivity index (χ3n) is 7.67. The number of aromatic nitrogens is 3. The van der Waals surface area contributed by atoms with Crippen molar-refractivity contribution in [2.24, 2.45) is 17.5 Å². The van der Waals surface area contributed by atoms with Crippen LogP contribution in [0.2, 0.25) is 0 Å². The maximum absolute atomic E-state index is 5.78. The van der Waals surface area contributed by atoms with Gasteiger partial charge in [-0.25, -0.2) is 4.99 Å². The van der Waals surface area contributed by atoms with Crippen molar-refractivity contribution in [1.29, 1.82) is 0 Å². The Morgan fingerprint density at radius 1 is 1.26 bits per heavy atom. The zero-order valence-electron chi connectivity index (χ0n) is 20.1. The standard InChI is InChI=1S/C22H41N7O.HI/c1-7-22(8-2)18(13-19(22)30-6)25-21(23-14-17-11-10-12-29(17)9-3)24-15-20-27-26-16(4)28(20)5;/h17-19H,7-15H2,1-6H3,(H2,23,24,25);1H. The Morgan fingerprint density at radius 2 is 2.00 bits per heavy atom. The quantitative estimate of drug-likeness (QED) is 0.281. The van der Waals surface area contributed by atoms with E-state index in [4.69, 9.17) is 9.73 Å². The monoisotopic (exact) mass is 547 g/mol. The lowest BCUT2D eigenvalue weighted by molar-refractivity contribution is -0.118. The number of guanidine groups is 1. The van der Waals surface area contributed by atoms with Crippen LogP contribution in [-0.4, -0.2) is 70.6 Å². The minimum Gasteiger partial charge on any atom is -0.381 e. The Morgan fingerprint density at radius 3 is 2.58 bits per heavy atom. The number of rotatable bonds is 9. The fourth-order valence-electron chi connectivity index (χ4n) is 5.29. The second kappa shape index (κ2) is 11.8. The molecule has 3 rings (SSSR count). The predicted molar refractivity (Wildman–Crippen MR) is 136 cm³/mol. The molecule has 1 aliphatic heterocycles. The molecule has 8 nitrogen and oxygen atoms in total. The minimum atomic E-state index is 0. The van der Waals surface area contributed by atoms with Gasteiger partial charge in [0.1, 0.15) is 12.4 Å². The van der Waals surface area contributed by atoms with Crippen molar-refractivity contribution in [3.63, 3.8) is 0 Å². The highest BCUT2D eigenvalue weighted by Crippen LogP contribution is 2.48. The van der Waals surface area contributed by atoms with Gasteiger partial charge in [0.2, 0.25) is 0 Å². The van der Waals surface area contributed by atoms with Gasteiger partial charge in [-0.05, 0) is 52.1 Å². The van der Waals surface area contributed by atoms with Gasteiger partial charge in [-0.1, -0.05) is 20.8 Å².